The van der Waals surface area contributed by atoms with Gasteiger partial charge in [-0.3, -0.25) is 0 Å². The van der Waals surface area contributed by atoms with E-state index in [0.29, 0.717) is 5.02 Å². The molecule has 84 valence electrons. The first-order valence-corrected chi connectivity index (χ1v) is 5.47. The van der Waals surface area contributed by atoms with E-state index < -0.39 is 0 Å². The summed E-state index contributed by atoms with van der Waals surface area (Å²) >= 11 is 5.86. The summed E-state index contributed by atoms with van der Waals surface area (Å²) < 4.78 is 1.69. The number of rotatable bonds is 1. The summed E-state index contributed by atoms with van der Waals surface area (Å²) in [6.07, 6.45) is 3.44. The van der Waals surface area contributed by atoms with E-state index in [1.807, 2.05) is 30.5 Å². The monoisotopic (exact) mass is 244 g/mol. The maximum absolute atomic E-state index is 5.86. The maximum atomic E-state index is 5.86. The Kier molecular flexibility index (Phi) is 2.23. The van der Waals surface area contributed by atoms with Gasteiger partial charge in [0.25, 0.3) is 0 Å². The Bertz CT molecular complexity index is 673. The molecule has 0 aliphatic carbocycles. The van der Waals surface area contributed by atoms with Gasteiger partial charge in [0.2, 0.25) is 0 Å². The molecule has 0 spiro atoms. The topological polar surface area (TPSA) is 56.2 Å². The van der Waals surface area contributed by atoms with Crippen molar-refractivity contribution in [3.8, 4) is 11.3 Å². The number of nitrogens with two attached hydrogens (primary N) is 1. The first kappa shape index (κ1) is 10.1. The molecule has 2 heterocycles. The normalized spacial score (nSPS) is 10.9. The molecule has 2 aromatic heterocycles. The van der Waals surface area contributed by atoms with Gasteiger partial charge in [0.1, 0.15) is 0 Å². The summed E-state index contributed by atoms with van der Waals surface area (Å²) in [4.78, 5) is 4.45. The van der Waals surface area contributed by atoms with Gasteiger partial charge >= 0.3 is 0 Å². The van der Waals surface area contributed by atoms with Crippen LogP contribution >= 0.6 is 11.6 Å². The first-order valence-electron chi connectivity index (χ1n) is 5.09. The summed E-state index contributed by atoms with van der Waals surface area (Å²) in [5.74, 6) is 0. The number of anilines is 1. The summed E-state index contributed by atoms with van der Waals surface area (Å²) in [7, 11) is 0. The molecule has 0 atom stereocenters. The van der Waals surface area contributed by atoms with Gasteiger partial charge in [0.05, 0.1) is 23.1 Å². The molecule has 4 nitrogen and oxygen atoms in total. The van der Waals surface area contributed by atoms with E-state index in [9.17, 15) is 0 Å². The molecule has 0 fully saturated rings. The van der Waals surface area contributed by atoms with Crippen molar-refractivity contribution in [3.05, 3.63) is 47.7 Å². The highest BCUT2D eigenvalue weighted by Gasteiger charge is 2.05. The molecule has 0 bridgehead atoms. The average molecular weight is 245 g/mol. The highest BCUT2D eigenvalue weighted by Crippen LogP contribution is 2.20. The van der Waals surface area contributed by atoms with E-state index in [2.05, 4.69) is 10.1 Å². The molecule has 0 saturated heterocycles. The van der Waals surface area contributed by atoms with Crippen molar-refractivity contribution in [1.82, 2.24) is 14.6 Å². The number of hydrogen-bond acceptors (Lipinski definition) is 3. The molecule has 2 N–H and O–H groups in total. The van der Waals surface area contributed by atoms with E-state index >= 15 is 0 Å². The van der Waals surface area contributed by atoms with Crippen LogP contribution in [0.15, 0.2) is 42.7 Å². The zero-order valence-electron chi connectivity index (χ0n) is 8.84. The quantitative estimate of drug-likeness (QED) is 0.670. The predicted molar refractivity (Wildman–Crippen MR) is 67.8 cm³/mol. The number of hydrogen-bond donors (Lipinski definition) is 1. The third kappa shape index (κ3) is 1.83. The standard InChI is InChI=1S/C12H9ClN4/c13-9-5-12-16-11(7-17(12)15-6-9)8-1-3-10(14)4-2-8/h1-7H,14H2. The summed E-state index contributed by atoms with van der Waals surface area (Å²) in [5, 5.41) is 4.72. The average Bonchev–Trinajstić information content (AvgIpc) is 2.72. The zero-order valence-corrected chi connectivity index (χ0v) is 9.59. The van der Waals surface area contributed by atoms with Crippen LogP contribution in [-0.4, -0.2) is 14.6 Å². The van der Waals surface area contributed by atoms with Crippen LogP contribution in [0.1, 0.15) is 0 Å². The first-order chi connectivity index (χ1) is 8.22. The second-order valence-corrected chi connectivity index (χ2v) is 4.16. The number of nitrogen functional groups attached to an aromatic ring is 1. The highest BCUT2D eigenvalue weighted by atomic mass is 35.5. The number of benzene rings is 1. The lowest BCUT2D eigenvalue weighted by atomic mass is 10.1. The van der Waals surface area contributed by atoms with Gasteiger partial charge in [-0.15, -0.1) is 0 Å². The van der Waals surface area contributed by atoms with Gasteiger partial charge in [-0.1, -0.05) is 23.7 Å². The van der Waals surface area contributed by atoms with Crippen molar-refractivity contribution < 1.29 is 0 Å². The predicted octanol–water partition coefficient (Wildman–Crippen LogP) is 2.63. The lowest BCUT2D eigenvalue weighted by molar-refractivity contribution is 0.936. The fourth-order valence-corrected chi connectivity index (χ4v) is 1.79. The minimum Gasteiger partial charge on any atom is -0.399 e. The van der Waals surface area contributed by atoms with E-state index in [0.717, 1.165) is 22.6 Å². The number of imidazole rings is 1. The molecule has 0 saturated carbocycles. The molecule has 5 heteroatoms. The molecule has 0 aliphatic rings. The summed E-state index contributed by atoms with van der Waals surface area (Å²) in [6.45, 7) is 0. The molecule has 3 rings (SSSR count). The van der Waals surface area contributed by atoms with Crippen LogP contribution in [0.2, 0.25) is 5.02 Å². The number of nitrogens with zero attached hydrogens (tertiary/aromatic N) is 3. The second-order valence-electron chi connectivity index (χ2n) is 3.72. The van der Waals surface area contributed by atoms with Crippen LogP contribution in [0, 0.1) is 0 Å². The summed E-state index contributed by atoms with van der Waals surface area (Å²) in [5.41, 5.74) is 8.95. The lowest BCUT2D eigenvalue weighted by Crippen LogP contribution is -1.87. The third-order valence-corrected chi connectivity index (χ3v) is 2.70. The Labute approximate surface area is 103 Å². The van der Waals surface area contributed by atoms with Crippen molar-refractivity contribution in [3.63, 3.8) is 0 Å². The summed E-state index contributed by atoms with van der Waals surface area (Å²) in [6, 6.07) is 9.33. The van der Waals surface area contributed by atoms with E-state index in [4.69, 9.17) is 17.3 Å². The third-order valence-electron chi connectivity index (χ3n) is 2.49. The zero-order chi connectivity index (χ0) is 11.8. The fraction of sp³-hybridized carbons (Fsp3) is 0. The van der Waals surface area contributed by atoms with Crippen molar-refractivity contribution in [2.45, 2.75) is 0 Å². The Morgan fingerprint density at radius 3 is 2.71 bits per heavy atom. The fourth-order valence-electron chi connectivity index (χ4n) is 1.65. The minimum absolute atomic E-state index is 0.576. The van der Waals surface area contributed by atoms with Gasteiger partial charge in [0.15, 0.2) is 5.65 Å². The lowest BCUT2D eigenvalue weighted by Gasteiger charge is -1.95. The van der Waals surface area contributed by atoms with Crippen LogP contribution in [0.5, 0.6) is 0 Å². The second kappa shape index (κ2) is 3.75. The molecule has 0 amide bonds. The van der Waals surface area contributed by atoms with Gasteiger partial charge in [-0.25, -0.2) is 9.50 Å². The molecular formula is C12H9ClN4. The van der Waals surface area contributed by atoms with Crippen LogP contribution in [-0.2, 0) is 0 Å². The van der Waals surface area contributed by atoms with Crippen molar-refractivity contribution >= 4 is 22.9 Å². The van der Waals surface area contributed by atoms with Crippen molar-refractivity contribution in [2.75, 3.05) is 5.73 Å². The molecule has 0 aliphatic heterocycles. The molecule has 0 unspecified atom stereocenters. The van der Waals surface area contributed by atoms with Crippen molar-refractivity contribution in [2.24, 2.45) is 0 Å². The van der Waals surface area contributed by atoms with Gasteiger partial charge in [-0.2, -0.15) is 5.10 Å². The molecule has 3 aromatic rings. The Morgan fingerprint density at radius 2 is 1.94 bits per heavy atom. The number of fused-ring (bicyclic) bond motifs is 1. The Morgan fingerprint density at radius 1 is 1.18 bits per heavy atom. The van der Waals surface area contributed by atoms with Crippen molar-refractivity contribution in [1.29, 1.82) is 0 Å². The largest absolute Gasteiger partial charge is 0.399 e. The maximum Gasteiger partial charge on any atom is 0.155 e. The van der Waals surface area contributed by atoms with Crippen LogP contribution in [0.3, 0.4) is 0 Å². The van der Waals surface area contributed by atoms with E-state index in [1.54, 1.807) is 16.8 Å². The van der Waals surface area contributed by atoms with Crippen LogP contribution in [0.25, 0.3) is 16.9 Å². The highest BCUT2D eigenvalue weighted by molar-refractivity contribution is 6.30. The van der Waals surface area contributed by atoms with Gasteiger partial charge in [0, 0.05) is 17.3 Å². The number of halogens is 1. The van der Waals surface area contributed by atoms with Crippen LogP contribution < -0.4 is 5.73 Å². The molecule has 0 radical (unpaired) electrons. The molecule has 1 aromatic carbocycles. The van der Waals surface area contributed by atoms with E-state index in [1.165, 1.54) is 0 Å². The minimum atomic E-state index is 0.576. The SMILES string of the molecule is Nc1ccc(-c2cn3ncc(Cl)cc3n2)cc1. The van der Waals surface area contributed by atoms with E-state index in [-0.39, 0.29) is 0 Å². The van der Waals surface area contributed by atoms with Gasteiger partial charge in [-0.05, 0) is 12.1 Å². The molecular weight excluding hydrogens is 236 g/mol. The number of aromatic nitrogens is 3. The Hall–Kier alpha value is -2.07. The van der Waals surface area contributed by atoms with Gasteiger partial charge < -0.3 is 5.73 Å². The smallest absolute Gasteiger partial charge is 0.155 e. The molecule has 17 heavy (non-hydrogen) atoms. The van der Waals surface area contributed by atoms with Crippen LogP contribution in [0.4, 0.5) is 5.69 Å². The Balaban J connectivity index is 2.14.